The number of carbonyl (C=O) groups excluding carboxylic acids is 4. The molecule has 2 aromatic heterocycles. The number of anilines is 1. The third-order valence-corrected chi connectivity index (χ3v) is 8.57. The smallest absolute Gasteiger partial charge is 0.348 e. The second-order valence-corrected chi connectivity index (χ2v) is 11.4. The molecule has 0 fully saturated rings. The zero-order valence-electron chi connectivity index (χ0n) is 25.7. The number of amides is 2. The molecule has 0 aliphatic heterocycles. The summed E-state index contributed by atoms with van der Waals surface area (Å²) in [6, 6.07) is 12.3. The minimum atomic E-state index is -0.697. The summed E-state index contributed by atoms with van der Waals surface area (Å²) in [6.45, 7) is 5.00. The van der Waals surface area contributed by atoms with E-state index in [-0.39, 0.29) is 57.6 Å². The number of aromatic nitrogens is 3. The van der Waals surface area contributed by atoms with E-state index < -0.39 is 28.7 Å². The maximum Gasteiger partial charge on any atom is 0.348 e. The molecule has 0 bridgehead atoms. The van der Waals surface area contributed by atoms with Crippen LogP contribution in [0.2, 0.25) is 0 Å². The van der Waals surface area contributed by atoms with Crippen LogP contribution in [0, 0.1) is 17.0 Å². The van der Waals surface area contributed by atoms with Gasteiger partial charge in [-0.25, -0.2) is 9.59 Å². The first kappa shape index (κ1) is 34.6. The minimum Gasteiger partial charge on any atom is -0.496 e. The third-order valence-electron chi connectivity index (χ3n) is 6.45. The Hall–Kier alpha value is -5.29. The number of hydrogen-bond acceptors (Lipinski definition) is 13. The average molecular weight is 683 g/mol. The predicted octanol–water partition coefficient (Wildman–Crippen LogP) is 4.57. The number of non-ortho nitro benzene ring substituents is 1. The van der Waals surface area contributed by atoms with Crippen molar-refractivity contribution in [3.63, 3.8) is 0 Å². The lowest BCUT2D eigenvalue weighted by Crippen LogP contribution is -2.25. The first-order chi connectivity index (χ1) is 22.6. The fourth-order valence-electron chi connectivity index (χ4n) is 4.31. The average Bonchev–Trinajstić information content (AvgIpc) is 3.62. The Balaban J connectivity index is 1.58. The van der Waals surface area contributed by atoms with Gasteiger partial charge in [0.1, 0.15) is 15.6 Å². The molecule has 15 nitrogen and oxygen atoms in total. The van der Waals surface area contributed by atoms with Gasteiger partial charge < -0.3 is 24.8 Å². The number of methoxy groups -OCH3 is 1. The van der Waals surface area contributed by atoms with Crippen molar-refractivity contribution >= 4 is 57.5 Å². The fraction of sp³-hybridized carbons (Fsp3) is 0.267. The van der Waals surface area contributed by atoms with Gasteiger partial charge in [-0.3, -0.25) is 24.3 Å². The number of nitrogens with zero attached hydrogens (tertiary/aromatic N) is 4. The Bertz CT molecular complexity index is 1800. The minimum absolute atomic E-state index is 0.0559. The van der Waals surface area contributed by atoms with Crippen LogP contribution in [0.15, 0.2) is 53.7 Å². The van der Waals surface area contributed by atoms with Crippen LogP contribution in [0.4, 0.5) is 10.7 Å². The van der Waals surface area contributed by atoms with Crippen molar-refractivity contribution in [2.24, 2.45) is 0 Å². The molecule has 4 rings (SSSR count). The third kappa shape index (κ3) is 8.11. The standard InChI is InChI=1S/C30H30N6O9S2/c1-5-44-28(39)24-17(3)25(29(40)45-6-2)47-27(24)32-23(37)16-46-30-34-33-22(35(30)18-11-13-19(14-12-18)36(41)42)15-31-26(38)20-9-7-8-10-21(20)43-4/h7-14H,5-6,15-16H2,1-4H3,(H,31,38)(H,32,37). The van der Waals surface area contributed by atoms with Crippen molar-refractivity contribution in [2.75, 3.05) is 31.4 Å². The number of rotatable bonds is 14. The van der Waals surface area contributed by atoms with Crippen LogP contribution >= 0.6 is 23.1 Å². The molecule has 0 aliphatic carbocycles. The molecule has 0 spiro atoms. The summed E-state index contributed by atoms with van der Waals surface area (Å²) in [5, 5.41) is 25.5. The number of nitro benzene ring substituents is 1. The van der Waals surface area contributed by atoms with E-state index >= 15 is 0 Å². The number of carbonyl (C=O) groups is 4. The van der Waals surface area contributed by atoms with Gasteiger partial charge in [0.25, 0.3) is 11.6 Å². The molecule has 0 aliphatic rings. The highest BCUT2D eigenvalue weighted by Crippen LogP contribution is 2.35. The molecule has 0 atom stereocenters. The zero-order valence-corrected chi connectivity index (χ0v) is 27.4. The van der Waals surface area contributed by atoms with Crippen LogP contribution in [0.3, 0.4) is 0 Å². The molecular formula is C30H30N6O9S2. The lowest BCUT2D eigenvalue weighted by atomic mass is 10.1. The first-order valence-electron chi connectivity index (χ1n) is 14.1. The SMILES string of the molecule is CCOC(=O)c1sc(NC(=O)CSc2nnc(CNC(=O)c3ccccc3OC)n2-c2ccc([N+](=O)[O-])cc2)c(C(=O)OCC)c1C. The molecule has 47 heavy (non-hydrogen) atoms. The summed E-state index contributed by atoms with van der Waals surface area (Å²) >= 11 is 1.90. The number of thioether (sulfide) groups is 1. The summed E-state index contributed by atoms with van der Waals surface area (Å²) in [6.07, 6.45) is 0. The molecule has 0 saturated heterocycles. The van der Waals surface area contributed by atoms with Crippen molar-refractivity contribution in [1.29, 1.82) is 0 Å². The van der Waals surface area contributed by atoms with Crippen LogP contribution in [-0.4, -0.2) is 69.5 Å². The van der Waals surface area contributed by atoms with Crippen molar-refractivity contribution in [3.8, 4) is 11.4 Å². The van der Waals surface area contributed by atoms with Crippen molar-refractivity contribution in [1.82, 2.24) is 20.1 Å². The van der Waals surface area contributed by atoms with Gasteiger partial charge in [-0.15, -0.1) is 21.5 Å². The van der Waals surface area contributed by atoms with Gasteiger partial charge in [-0.2, -0.15) is 0 Å². The van der Waals surface area contributed by atoms with Gasteiger partial charge >= 0.3 is 11.9 Å². The number of hydrogen-bond donors (Lipinski definition) is 2. The van der Waals surface area contributed by atoms with Crippen LogP contribution in [0.25, 0.3) is 5.69 Å². The molecular weight excluding hydrogens is 652 g/mol. The summed E-state index contributed by atoms with van der Waals surface area (Å²) < 4.78 is 17.1. The van der Waals surface area contributed by atoms with E-state index in [9.17, 15) is 29.3 Å². The van der Waals surface area contributed by atoms with Crippen LogP contribution in [0.5, 0.6) is 5.75 Å². The monoisotopic (exact) mass is 682 g/mol. The Morgan fingerprint density at radius 3 is 2.34 bits per heavy atom. The largest absolute Gasteiger partial charge is 0.496 e. The van der Waals surface area contributed by atoms with Crippen LogP contribution < -0.4 is 15.4 Å². The van der Waals surface area contributed by atoms with Gasteiger partial charge in [0.15, 0.2) is 11.0 Å². The summed E-state index contributed by atoms with van der Waals surface area (Å²) in [5.41, 5.74) is 1.00. The summed E-state index contributed by atoms with van der Waals surface area (Å²) in [7, 11) is 1.45. The van der Waals surface area contributed by atoms with Crippen molar-refractivity contribution in [3.05, 3.63) is 86.0 Å². The Morgan fingerprint density at radius 2 is 1.68 bits per heavy atom. The van der Waals surface area contributed by atoms with Crippen LogP contribution in [0.1, 0.15) is 55.6 Å². The predicted molar refractivity (Wildman–Crippen MR) is 173 cm³/mol. The van der Waals surface area contributed by atoms with Crippen molar-refractivity contribution < 1.29 is 38.3 Å². The second-order valence-electron chi connectivity index (χ2n) is 9.43. The quantitative estimate of drug-likeness (QED) is 0.0816. The van der Waals surface area contributed by atoms with Gasteiger partial charge in [-0.05, 0) is 50.6 Å². The summed E-state index contributed by atoms with van der Waals surface area (Å²) in [4.78, 5) is 62.2. The van der Waals surface area contributed by atoms with E-state index in [1.54, 1.807) is 49.6 Å². The fourth-order valence-corrected chi connectivity index (χ4v) is 6.19. The number of ether oxygens (including phenoxy) is 3. The van der Waals surface area contributed by atoms with E-state index in [4.69, 9.17) is 14.2 Å². The number of para-hydroxylation sites is 1. The van der Waals surface area contributed by atoms with Gasteiger partial charge in [0.05, 0.1) is 48.7 Å². The van der Waals surface area contributed by atoms with E-state index in [0.717, 1.165) is 23.1 Å². The number of esters is 2. The molecule has 0 unspecified atom stereocenters. The topological polar surface area (TPSA) is 194 Å². The first-order valence-corrected chi connectivity index (χ1v) is 15.9. The normalized spacial score (nSPS) is 10.6. The highest BCUT2D eigenvalue weighted by molar-refractivity contribution is 7.99. The molecule has 0 saturated carbocycles. The van der Waals surface area contributed by atoms with E-state index in [0.29, 0.717) is 22.6 Å². The van der Waals surface area contributed by atoms with Gasteiger partial charge in [0, 0.05) is 17.8 Å². The second kappa shape index (κ2) is 15.8. The maximum absolute atomic E-state index is 13.1. The molecule has 2 amide bonds. The highest BCUT2D eigenvalue weighted by Gasteiger charge is 2.28. The Kier molecular flexibility index (Phi) is 11.6. The molecule has 0 radical (unpaired) electrons. The molecule has 246 valence electrons. The lowest BCUT2D eigenvalue weighted by Gasteiger charge is -2.12. The molecule has 4 aromatic rings. The lowest BCUT2D eigenvalue weighted by molar-refractivity contribution is -0.384. The van der Waals surface area contributed by atoms with Crippen molar-refractivity contribution in [2.45, 2.75) is 32.5 Å². The number of thiophene rings is 1. The Morgan fingerprint density at radius 1 is 1.00 bits per heavy atom. The number of nitrogens with one attached hydrogen (secondary N) is 2. The van der Waals surface area contributed by atoms with Gasteiger partial charge in [0.2, 0.25) is 5.91 Å². The maximum atomic E-state index is 13.1. The highest BCUT2D eigenvalue weighted by atomic mass is 32.2. The van der Waals surface area contributed by atoms with Crippen LogP contribution in [-0.2, 0) is 20.8 Å². The number of nitro groups is 1. The van der Waals surface area contributed by atoms with E-state index in [1.807, 2.05) is 0 Å². The molecule has 17 heteroatoms. The van der Waals surface area contributed by atoms with Gasteiger partial charge in [-0.1, -0.05) is 23.9 Å². The number of benzene rings is 2. The van der Waals surface area contributed by atoms with E-state index in [1.165, 1.54) is 31.4 Å². The molecule has 2 N–H and O–H groups in total. The molecule has 2 heterocycles. The summed E-state index contributed by atoms with van der Waals surface area (Å²) in [5.74, 6) is -1.82. The Labute approximate surface area is 276 Å². The zero-order chi connectivity index (χ0) is 34.1. The molecule has 2 aromatic carbocycles. The van der Waals surface area contributed by atoms with E-state index in [2.05, 4.69) is 20.8 Å².